The van der Waals surface area contributed by atoms with Crippen molar-refractivity contribution in [1.29, 1.82) is 0 Å². The van der Waals surface area contributed by atoms with Crippen molar-refractivity contribution in [2.75, 3.05) is 19.0 Å². The number of aryl methyl sites for hydroxylation is 1. The topological polar surface area (TPSA) is 58.4 Å². The molecule has 0 radical (unpaired) electrons. The van der Waals surface area contributed by atoms with Crippen molar-refractivity contribution in [3.8, 4) is 0 Å². The van der Waals surface area contributed by atoms with Crippen molar-refractivity contribution in [2.24, 2.45) is 11.8 Å². The molecular formula is C14H23N3O. The first-order valence-corrected chi connectivity index (χ1v) is 6.32. The summed E-state index contributed by atoms with van der Waals surface area (Å²) >= 11 is 0. The zero-order chi connectivity index (χ0) is 13.7. The molecule has 0 spiro atoms. The fraction of sp³-hybridized carbons (Fsp3) is 0.500. The van der Waals surface area contributed by atoms with E-state index >= 15 is 0 Å². The minimum atomic E-state index is 0.00301. The van der Waals surface area contributed by atoms with Gasteiger partial charge in [0.15, 0.2) is 0 Å². The highest BCUT2D eigenvalue weighted by Crippen LogP contribution is 2.18. The zero-order valence-corrected chi connectivity index (χ0v) is 11.7. The van der Waals surface area contributed by atoms with Crippen LogP contribution in [0.5, 0.6) is 0 Å². The summed E-state index contributed by atoms with van der Waals surface area (Å²) < 4.78 is 0. The lowest BCUT2D eigenvalue weighted by Gasteiger charge is -2.22. The van der Waals surface area contributed by atoms with Gasteiger partial charge in [-0.3, -0.25) is 10.6 Å². The van der Waals surface area contributed by atoms with E-state index in [0.717, 1.165) is 18.5 Å². The smallest absolute Gasteiger partial charge is 0.255 e. The van der Waals surface area contributed by atoms with Crippen LogP contribution in [0.25, 0.3) is 0 Å². The van der Waals surface area contributed by atoms with Crippen molar-refractivity contribution < 1.29 is 4.79 Å². The number of anilines is 1. The molecule has 100 valence electrons. The van der Waals surface area contributed by atoms with Crippen LogP contribution < -0.4 is 11.3 Å². The van der Waals surface area contributed by atoms with Gasteiger partial charge in [-0.25, -0.2) is 0 Å². The average molecular weight is 249 g/mol. The molecule has 0 aliphatic rings. The molecule has 0 aliphatic carbocycles. The third-order valence-corrected chi connectivity index (χ3v) is 3.19. The number of benzene rings is 1. The van der Waals surface area contributed by atoms with E-state index in [2.05, 4.69) is 19.3 Å². The van der Waals surface area contributed by atoms with Crippen LogP contribution in [0.3, 0.4) is 0 Å². The monoisotopic (exact) mass is 249 g/mol. The number of carbonyl (C=O) groups excluding carboxylic acids is 1. The Balaban J connectivity index is 2.89. The Morgan fingerprint density at radius 1 is 1.50 bits per heavy atom. The number of amides is 1. The van der Waals surface area contributed by atoms with Gasteiger partial charge in [0.05, 0.1) is 11.3 Å². The summed E-state index contributed by atoms with van der Waals surface area (Å²) in [6, 6.07) is 5.62. The molecule has 1 amide bonds. The molecule has 4 heteroatoms. The predicted molar refractivity (Wildman–Crippen MR) is 75.4 cm³/mol. The van der Waals surface area contributed by atoms with Crippen LogP contribution in [0.1, 0.15) is 36.2 Å². The molecule has 1 rings (SSSR count). The normalized spacial score (nSPS) is 12.1. The fourth-order valence-corrected chi connectivity index (χ4v) is 1.85. The lowest BCUT2D eigenvalue weighted by molar-refractivity contribution is 0.0776. The van der Waals surface area contributed by atoms with Crippen LogP contribution in [0.15, 0.2) is 18.2 Å². The van der Waals surface area contributed by atoms with E-state index in [1.165, 1.54) is 0 Å². The lowest BCUT2D eigenvalue weighted by Crippen LogP contribution is -2.31. The van der Waals surface area contributed by atoms with Gasteiger partial charge in [-0.15, -0.1) is 0 Å². The second-order valence-corrected chi connectivity index (χ2v) is 4.89. The van der Waals surface area contributed by atoms with E-state index in [0.29, 0.717) is 17.2 Å². The third-order valence-electron chi connectivity index (χ3n) is 3.19. The SMILES string of the molecule is CCC(C)CN(C)C(=O)c1ccc(C)cc1NN. The molecule has 0 aromatic heterocycles. The Morgan fingerprint density at radius 3 is 2.72 bits per heavy atom. The highest BCUT2D eigenvalue weighted by molar-refractivity contribution is 5.99. The van der Waals surface area contributed by atoms with E-state index in [1.54, 1.807) is 4.90 Å². The standard InChI is InChI=1S/C14H23N3O/c1-5-10(2)9-17(4)14(18)12-7-6-11(3)8-13(12)16-15/h6-8,10,16H,5,9,15H2,1-4H3. The van der Waals surface area contributed by atoms with Gasteiger partial charge in [0.25, 0.3) is 5.91 Å². The number of carbonyl (C=O) groups is 1. The number of rotatable bonds is 5. The first-order valence-electron chi connectivity index (χ1n) is 6.32. The van der Waals surface area contributed by atoms with Crippen molar-refractivity contribution in [1.82, 2.24) is 4.90 Å². The Labute approximate surface area is 109 Å². The van der Waals surface area contributed by atoms with Crippen molar-refractivity contribution in [2.45, 2.75) is 27.2 Å². The van der Waals surface area contributed by atoms with Crippen LogP contribution in [0.2, 0.25) is 0 Å². The van der Waals surface area contributed by atoms with Crippen molar-refractivity contribution in [3.63, 3.8) is 0 Å². The summed E-state index contributed by atoms with van der Waals surface area (Å²) in [4.78, 5) is 14.1. The fourth-order valence-electron chi connectivity index (χ4n) is 1.85. The van der Waals surface area contributed by atoms with Gasteiger partial charge >= 0.3 is 0 Å². The number of hydrogen-bond donors (Lipinski definition) is 2. The number of nitrogens with two attached hydrogens (primary N) is 1. The molecular weight excluding hydrogens is 226 g/mol. The van der Waals surface area contributed by atoms with E-state index in [9.17, 15) is 4.79 Å². The van der Waals surface area contributed by atoms with E-state index in [4.69, 9.17) is 5.84 Å². The Morgan fingerprint density at radius 2 is 2.17 bits per heavy atom. The summed E-state index contributed by atoms with van der Waals surface area (Å²) in [7, 11) is 1.83. The lowest BCUT2D eigenvalue weighted by atomic mass is 10.1. The number of hydrogen-bond acceptors (Lipinski definition) is 3. The van der Waals surface area contributed by atoms with Crippen LogP contribution in [0.4, 0.5) is 5.69 Å². The molecule has 18 heavy (non-hydrogen) atoms. The molecule has 1 unspecified atom stereocenters. The number of nitrogen functional groups attached to an aromatic ring is 1. The molecule has 0 bridgehead atoms. The second kappa shape index (κ2) is 6.40. The summed E-state index contributed by atoms with van der Waals surface area (Å²) in [5, 5.41) is 0. The summed E-state index contributed by atoms with van der Waals surface area (Å²) in [5.74, 6) is 5.97. The summed E-state index contributed by atoms with van der Waals surface area (Å²) in [6.45, 7) is 6.99. The van der Waals surface area contributed by atoms with Gasteiger partial charge in [-0.1, -0.05) is 26.3 Å². The van der Waals surface area contributed by atoms with Crippen molar-refractivity contribution in [3.05, 3.63) is 29.3 Å². The largest absolute Gasteiger partial charge is 0.341 e. The van der Waals surface area contributed by atoms with Gasteiger partial charge in [0.1, 0.15) is 0 Å². The zero-order valence-electron chi connectivity index (χ0n) is 11.7. The Kier molecular flexibility index (Phi) is 5.16. The molecule has 0 fully saturated rings. The quantitative estimate of drug-likeness (QED) is 0.622. The molecule has 0 heterocycles. The van der Waals surface area contributed by atoms with Gasteiger partial charge in [0, 0.05) is 13.6 Å². The molecule has 4 nitrogen and oxygen atoms in total. The highest BCUT2D eigenvalue weighted by atomic mass is 16.2. The number of nitrogens with one attached hydrogen (secondary N) is 1. The molecule has 0 saturated carbocycles. The Hall–Kier alpha value is -1.55. The average Bonchev–Trinajstić information content (AvgIpc) is 2.37. The highest BCUT2D eigenvalue weighted by Gasteiger charge is 2.16. The first-order chi connectivity index (χ1) is 8.49. The maximum Gasteiger partial charge on any atom is 0.255 e. The van der Waals surface area contributed by atoms with Crippen LogP contribution in [-0.4, -0.2) is 24.4 Å². The predicted octanol–water partition coefficient (Wildman–Crippen LogP) is 2.40. The van der Waals surface area contributed by atoms with Gasteiger partial charge in [-0.2, -0.15) is 0 Å². The summed E-state index contributed by atoms with van der Waals surface area (Å²) in [6.07, 6.45) is 1.06. The van der Waals surface area contributed by atoms with E-state index < -0.39 is 0 Å². The van der Waals surface area contributed by atoms with Crippen LogP contribution in [0, 0.1) is 12.8 Å². The van der Waals surface area contributed by atoms with Gasteiger partial charge < -0.3 is 10.3 Å². The van der Waals surface area contributed by atoms with Crippen LogP contribution >= 0.6 is 0 Å². The Bertz CT molecular complexity index is 418. The van der Waals surface area contributed by atoms with Gasteiger partial charge in [0.2, 0.25) is 0 Å². The van der Waals surface area contributed by atoms with Crippen molar-refractivity contribution >= 4 is 11.6 Å². The first kappa shape index (κ1) is 14.5. The molecule has 0 aliphatic heterocycles. The molecule has 1 aromatic carbocycles. The maximum absolute atomic E-state index is 12.3. The molecule has 0 saturated heterocycles. The minimum absolute atomic E-state index is 0.00301. The third kappa shape index (κ3) is 3.47. The van der Waals surface area contributed by atoms with E-state index in [1.807, 2.05) is 32.2 Å². The minimum Gasteiger partial charge on any atom is -0.341 e. The molecule has 1 atom stereocenters. The maximum atomic E-state index is 12.3. The number of hydrazine groups is 1. The molecule has 1 aromatic rings. The molecule has 3 N–H and O–H groups in total. The van der Waals surface area contributed by atoms with Crippen LogP contribution in [-0.2, 0) is 0 Å². The number of nitrogens with zero attached hydrogens (tertiary/aromatic N) is 1. The summed E-state index contributed by atoms with van der Waals surface area (Å²) in [5.41, 5.74) is 4.96. The van der Waals surface area contributed by atoms with Gasteiger partial charge in [-0.05, 0) is 30.5 Å². The van der Waals surface area contributed by atoms with E-state index in [-0.39, 0.29) is 5.91 Å². The second-order valence-electron chi connectivity index (χ2n) is 4.89.